The van der Waals surface area contributed by atoms with Crippen molar-refractivity contribution < 1.29 is 9.90 Å². The summed E-state index contributed by atoms with van der Waals surface area (Å²) < 4.78 is 0. The van der Waals surface area contributed by atoms with Gasteiger partial charge in [-0.1, -0.05) is 0 Å². The van der Waals surface area contributed by atoms with Crippen molar-refractivity contribution in [3.8, 4) is 5.75 Å². The highest BCUT2D eigenvalue weighted by Crippen LogP contribution is 2.16. The molecule has 1 aromatic rings. The van der Waals surface area contributed by atoms with E-state index in [1.807, 2.05) is 0 Å². The molecule has 1 fully saturated rings. The lowest BCUT2D eigenvalue weighted by Gasteiger charge is -2.21. The quantitative estimate of drug-likeness (QED) is 0.707. The van der Waals surface area contributed by atoms with Crippen molar-refractivity contribution in [3.05, 3.63) is 24.3 Å². The largest absolute Gasteiger partial charge is 0.508 e. The van der Waals surface area contributed by atoms with E-state index in [0.29, 0.717) is 0 Å². The van der Waals surface area contributed by atoms with Gasteiger partial charge in [-0.05, 0) is 43.7 Å². The molecule has 0 bridgehead atoms. The number of nitrogens with one attached hydrogen (secondary N) is 2. The standard InChI is InChI=1S/C12H16N2O2.ClH/c15-11-5-3-10(4-6-11)14-12(16)9-2-1-7-13-8-9;/h3-6,9,13,15H,1-2,7-8H2,(H,14,16);1H. The van der Waals surface area contributed by atoms with E-state index in [1.165, 1.54) is 0 Å². The summed E-state index contributed by atoms with van der Waals surface area (Å²) in [6.07, 6.45) is 1.99. The van der Waals surface area contributed by atoms with Gasteiger partial charge in [-0.25, -0.2) is 0 Å². The van der Waals surface area contributed by atoms with Gasteiger partial charge in [0.05, 0.1) is 5.92 Å². The fourth-order valence-electron chi connectivity index (χ4n) is 1.86. The second-order valence-electron chi connectivity index (χ2n) is 4.08. The van der Waals surface area contributed by atoms with E-state index in [4.69, 9.17) is 5.11 Å². The maximum atomic E-state index is 11.8. The molecule has 1 amide bonds. The van der Waals surface area contributed by atoms with Gasteiger partial charge in [-0.3, -0.25) is 4.79 Å². The minimum Gasteiger partial charge on any atom is -0.508 e. The highest BCUT2D eigenvalue weighted by molar-refractivity contribution is 5.92. The zero-order valence-electron chi connectivity index (χ0n) is 9.48. The lowest BCUT2D eigenvalue weighted by molar-refractivity contribution is -0.120. The third-order valence-corrected chi connectivity index (χ3v) is 2.80. The van der Waals surface area contributed by atoms with Crippen LogP contribution in [0.2, 0.25) is 0 Å². The molecule has 2 rings (SSSR count). The fourth-order valence-corrected chi connectivity index (χ4v) is 1.86. The van der Waals surface area contributed by atoms with Crippen molar-refractivity contribution in [1.29, 1.82) is 0 Å². The summed E-state index contributed by atoms with van der Waals surface area (Å²) in [6.45, 7) is 1.76. The van der Waals surface area contributed by atoms with Crippen LogP contribution in [0.25, 0.3) is 0 Å². The van der Waals surface area contributed by atoms with Gasteiger partial charge in [0.25, 0.3) is 0 Å². The summed E-state index contributed by atoms with van der Waals surface area (Å²) in [4.78, 5) is 11.8. The third kappa shape index (κ3) is 3.91. The normalized spacial score (nSPS) is 19.2. The highest BCUT2D eigenvalue weighted by atomic mass is 35.5. The molecule has 17 heavy (non-hydrogen) atoms. The molecule has 1 aliphatic rings. The predicted octanol–water partition coefficient (Wildman–Crippen LogP) is 1.75. The van der Waals surface area contributed by atoms with Crippen LogP contribution in [0.5, 0.6) is 5.75 Å². The number of aromatic hydroxyl groups is 1. The van der Waals surface area contributed by atoms with Gasteiger partial charge in [0.1, 0.15) is 5.75 Å². The van der Waals surface area contributed by atoms with Gasteiger partial charge in [-0.15, -0.1) is 12.4 Å². The van der Waals surface area contributed by atoms with Crippen LogP contribution in [0.1, 0.15) is 12.8 Å². The lowest BCUT2D eigenvalue weighted by atomic mass is 9.99. The number of phenolic OH excluding ortho intramolecular Hbond substituents is 1. The number of carbonyl (C=O) groups excluding carboxylic acids is 1. The van der Waals surface area contributed by atoms with Gasteiger partial charge < -0.3 is 15.7 Å². The second-order valence-corrected chi connectivity index (χ2v) is 4.08. The van der Waals surface area contributed by atoms with Crippen molar-refractivity contribution in [2.75, 3.05) is 18.4 Å². The first kappa shape index (κ1) is 13.8. The summed E-state index contributed by atoms with van der Waals surface area (Å²) in [5.41, 5.74) is 0.730. The summed E-state index contributed by atoms with van der Waals surface area (Å²) in [6, 6.07) is 6.52. The van der Waals surface area contributed by atoms with Crippen LogP contribution in [0.4, 0.5) is 5.69 Å². The number of carbonyl (C=O) groups is 1. The first-order valence-electron chi connectivity index (χ1n) is 5.56. The number of anilines is 1. The number of phenols is 1. The molecule has 0 saturated carbocycles. The second kappa shape index (κ2) is 6.47. The van der Waals surface area contributed by atoms with Gasteiger partial charge in [0.2, 0.25) is 5.91 Å². The fraction of sp³-hybridized carbons (Fsp3) is 0.417. The molecule has 1 saturated heterocycles. The molecule has 3 N–H and O–H groups in total. The van der Waals surface area contributed by atoms with E-state index < -0.39 is 0 Å². The van der Waals surface area contributed by atoms with Gasteiger partial charge in [0.15, 0.2) is 0 Å². The van der Waals surface area contributed by atoms with E-state index in [2.05, 4.69) is 10.6 Å². The van der Waals surface area contributed by atoms with Crippen molar-refractivity contribution in [1.82, 2.24) is 5.32 Å². The lowest BCUT2D eigenvalue weighted by Crippen LogP contribution is -2.37. The zero-order valence-corrected chi connectivity index (χ0v) is 10.3. The van der Waals surface area contributed by atoms with Crippen LogP contribution in [-0.4, -0.2) is 24.1 Å². The summed E-state index contributed by atoms with van der Waals surface area (Å²) in [5, 5.41) is 15.2. The SMILES string of the molecule is Cl.O=C(Nc1ccc(O)cc1)C1CCCNC1. The Labute approximate surface area is 107 Å². The first-order valence-corrected chi connectivity index (χ1v) is 5.56. The Morgan fingerprint density at radius 3 is 2.65 bits per heavy atom. The molecule has 1 heterocycles. The Bertz CT molecular complexity index is 361. The number of piperidine rings is 1. The summed E-state index contributed by atoms with van der Waals surface area (Å²) >= 11 is 0. The van der Waals surface area contributed by atoms with Crippen LogP contribution in [-0.2, 0) is 4.79 Å². The summed E-state index contributed by atoms with van der Waals surface area (Å²) in [7, 11) is 0. The van der Waals surface area contributed by atoms with E-state index in [0.717, 1.165) is 31.6 Å². The number of rotatable bonds is 2. The smallest absolute Gasteiger partial charge is 0.228 e. The Balaban J connectivity index is 0.00000144. The Hall–Kier alpha value is -1.26. The Morgan fingerprint density at radius 1 is 1.35 bits per heavy atom. The molecule has 1 aromatic carbocycles. The number of hydrogen-bond donors (Lipinski definition) is 3. The molecule has 1 atom stereocenters. The number of halogens is 1. The van der Waals surface area contributed by atoms with E-state index in [-0.39, 0.29) is 30.0 Å². The van der Waals surface area contributed by atoms with Gasteiger partial charge in [-0.2, -0.15) is 0 Å². The molecular weight excluding hydrogens is 240 g/mol. The van der Waals surface area contributed by atoms with Crippen LogP contribution in [0, 0.1) is 5.92 Å². The molecule has 4 nitrogen and oxygen atoms in total. The van der Waals surface area contributed by atoms with Gasteiger partial charge >= 0.3 is 0 Å². The van der Waals surface area contributed by atoms with E-state index in [9.17, 15) is 4.79 Å². The molecule has 1 unspecified atom stereocenters. The van der Waals surface area contributed by atoms with E-state index in [1.54, 1.807) is 24.3 Å². The number of hydrogen-bond acceptors (Lipinski definition) is 3. The first-order chi connectivity index (χ1) is 7.75. The molecule has 94 valence electrons. The van der Waals surface area contributed by atoms with Crippen LogP contribution >= 0.6 is 12.4 Å². The average molecular weight is 257 g/mol. The highest BCUT2D eigenvalue weighted by Gasteiger charge is 2.20. The molecule has 5 heteroatoms. The molecule has 0 aromatic heterocycles. The maximum absolute atomic E-state index is 11.8. The van der Waals surface area contributed by atoms with Crippen LogP contribution in [0.15, 0.2) is 24.3 Å². The Morgan fingerprint density at radius 2 is 2.06 bits per heavy atom. The van der Waals surface area contributed by atoms with Gasteiger partial charge in [0, 0.05) is 12.2 Å². The molecule has 1 aliphatic heterocycles. The molecule has 0 spiro atoms. The van der Waals surface area contributed by atoms with Crippen molar-refractivity contribution in [3.63, 3.8) is 0 Å². The average Bonchev–Trinajstić information content (AvgIpc) is 2.33. The molecular formula is C12H17ClN2O2. The van der Waals surface area contributed by atoms with Crippen molar-refractivity contribution >= 4 is 24.0 Å². The zero-order chi connectivity index (χ0) is 11.4. The minimum absolute atomic E-state index is 0. The maximum Gasteiger partial charge on any atom is 0.228 e. The van der Waals surface area contributed by atoms with Crippen LogP contribution < -0.4 is 10.6 Å². The predicted molar refractivity (Wildman–Crippen MR) is 69.6 cm³/mol. The van der Waals surface area contributed by atoms with Crippen LogP contribution in [0.3, 0.4) is 0 Å². The third-order valence-electron chi connectivity index (χ3n) is 2.80. The topological polar surface area (TPSA) is 61.4 Å². The molecule has 0 radical (unpaired) electrons. The molecule has 0 aliphatic carbocycles. The van der Waals surface area contributed by atoms with Crippen molar-refractivity contribution in [2.45, 2.75) is 12.8 Å². The van der Waals surface area contributed by atoms with Crippen molar-refractivity contribution in [2.24, 2.45) is 5.92 Å². The summed E-state index contributed by atoms with van der Waals surface area (Å²) in [5.74, 6) is 0.317. The monoisotopic (exact) mass is 256 g/mol. The minimum atomic E-state index is 0. The number of amides is 1. The number of benzene rings is 1. The van der Waals surface area contributed by atoms with E-state index >= 15 is 0 Å². The Kier molecular flexibility index (Phi) is 5.25.